The monoisotopic (exact) mass is 574 g/mol. The van der Waals surface area contributed by atoms with E-state index in [0.717, 1.165) is 37.9 Å². The van der Waals surface area contributed by atoms with Gasteiger partial charge in [-0.2, -0.15) is 0 Å². The molecule has 0 aliphatic heterocycles. The first-order chi connectivity index (χ1) is 19.4. The molecule has 41 heavy (non-hydrogen) atoms. The predicted octanol–water partition coefficient (Wildman–Crippen LogP) is 7.32. The topological polar surface area (TPSA) is 104 Å². The zero-order valence-corrected chi connectivity index (χ0v) is 26.8. The Bertz CT molecular complexity index is 941. The molecule has 0 aromatic rings. The Hall–Kier alpha value is -2.83. The van der Waals surface area contributed by atoms with E-state index < -0.39 is 11.9 Å². The van der Waals surface area contributed by atoms with E-state index in [-0.39, 0.29) is 23.6 Å². The van der Waals surface area contributed by atoms with Gasteiger partial charge < -0.3 is 14.3 Å². The molecule has 7 heteroatoms. The average molecular weight is 575 g/mol. The second kappa shape index (κ2) is 21.9. The van der Waals surface area contributed by atoms with Crippen LogP contribution in [0.25, 0.3) is 0 Å². The van der Waals surface area contributed by atoms with Crippen LogP contribution in [0.2, 0.25) is 0 Å². The zero-order valence-electron chi connectivity index (χ0n) is 26.8. The molecule has 0 N–H and O–H groups in total. The summed E-state index contributed by atoms with van der Waals surface area (Å²) in [5, 5.41) is 0. The highest BCUT2D eigenvalue weighted by Crippen LogP contribution is 2.31. The molecule has 0 fully saturated rings. The molecule has 7 nitrogen and oxygen atoms in total. The third-order valence-corrected chi connectivity index (χ3v) is 7.70. The maximum absolute atomic E-state index is 11.7. The molecule has 0 saturated heterocycles. The first-order valence-corrected chi connectivity index (χ1v) is 15.1. The molecule has 0 radical (unpaired) electrons. The fourth-order valence-corrected chi connectivity index (χ4v) is 4.84. The van der Waals surface area contributed by atoms with Crippen molar-refractivity contribution >= 4 is 29.8 Å². The molecule has 0 aromatic carbocycles. The summed E-state index contributed by atoms with van der Waals surface area (Å²) < 4.78 is 9.41. The van der Waals surface area contributed by atoms with Crippen LogP contribution >= 0.6 is 0 Å². The van der Waals surface area contributed by atoms with Gasteiger partial charge in [-0.1, -0.05) is 43.2 Å². The number of allylic oxidation sites excluding steroid dienone is 5. The highest BCUT2D eigenvalue weighted by molar-refractivity contribution is 6.16. The number of carbonyl (C=O) groups is 5. The lowest BCUT2D eigenvalue weighted by atomic mass is 9.80. The van der Waals surface area contributed by atoms with Gasteiger partial charge in [0.2, 0.25) is 0 Å². The van der Waals surface area contributed by atoms with E-state index in [4.69, 9.17) is 4.74 Å². The Morgan fingerprint density at radius 3 is 1.71 bits per heavy atom. The van der Waals surface area contributed by atoms with E-state index in [0.29, 0.717) is 31.0 Å². The molecule has 0 saturated carbocycles. The van der Waals surface area contributed by atoms with Crippen LogP contribution < -0.4 is 0 Å². The van der Waals surface area contributed by atoms with Crippen molar-refractivity contribution in [2.24, 2.45) is 23.7 Å². The number of Topliss-reactive ketones (excluding diaryl/α,β-unsaturated/α-hetero) is 2. The summed E-state index contributed by atoms with van der Waals surface area (Å²) in [4.78, 5) is 54.2. The van der Waals surface area contributed by atoms with Crippen molar-refractivity contribution in [1.29, 1.82) is 0 Å². The Morgan fingerprint density at radius 1 is 0.854 bits per heavy atom. The van der Waals surface area contributed by atoms with Gasteiger partial charge in [0.15, 0.2) is 5.78 Å². The fraction of sp³-hybridized carbons (Fsp3) is 0.676. The summed E-state index contributed by atoms with van der Waals surface area (Å²) in [5.41, 5.74) is 3.19. The molecule has 2 rings (SSSR count). The maximum atomic E-state index is 11.7. The summed E-state index contributed by atoms with van der Waals surface area (Å²) in [6.07, 6.45) is 16.0. The van der Waals surface area contributed by atoms with E-state index in [2.05, 4.69) is 44.6 Å². The van der Waals surface area contributed by atoms with Gasteiger partial charge in [0.05, 0.1) is 18.8 Å². The number of hydrogen-bond donors (Lipinski definition) is 0. The van der Waals surface area contributed by atoms with Crippen LogP contribution in [0.3, 0.4) is 0 Å². The molecule has 0 bridgehead atoms. The standard InChI is InChI=1S/C17H26O3.C11H18O.C6H10O3/c1-5-20-17(19)16(14(4)18)11-8-13(3)15-9-6-12(2)7-10-15;1-9-3-5-11(6-4-9)10(2)7-8-12;1-3-9-6(8)4-5(2)7/h6,11,13,15H,5,7-10H2,1-4H3;3,8,10-11H,4-7H2,1-2H3;3-4H2,1-2H3/b16-11-;;. The van der Waals surface area contributed by atoms with Crippen LogP contribution in [-0.2, 0) is 33.4 Å². The normalized spacial score (nSPS) is 19.9. The molecule has 4 atom stereocenters. The first kappa shape index (κ1) is 38.2. The number of ketones is 2. The lowest BCUT2D eigenvalue weighted by Gasteiger charge is -2.25. The minimum absolute atomic E-state index is 0.103. The molecule has 4 unspecified atom stereocenters. The lowest BCUT2D eigenvalue weighted by molar-refractivity contribution is -0.145. The van der Waals surface area contributed by atoms with Gasteiger partial charge >= 0.3 is 11.9 Å². The number of esters is 2. The number of hydrogen-bond acceptors (Lipinski definition) is 7. The van der Waals surface area contributed by atoms with Crippen LogP contribution in [0.1, 0.15) is 113 Å². The second-order valence-corrected chi connectivity index (χ2v) is 11.3. The zero-order chi connectivity index (χ0) is 31.4. The smallest absolute Gasteiger partial charge is 0.341 e. The SMILES string of the molecule is CC1=CCC(C(C)CC=O)CC1.CCOC(=O)/C(=C\CC(C)C1CC=C(C)CC1)C(C)=O.CCOC(=O)CC(C)=O. The third kappa shape index (κ3) is 17.6. The molecular formula is C34H54O7. The van der Waals surface area contributed by atoms with Crippen molar-refractivity contribution in [3.63, 3.8) is 0 Å². The second-order valence-electron chi connectivity index (χ2n) is 11.3. The van der Waals surface area contributed by atoms with Crippen LogP contribution in [0.15, 0.2) is 34.9 Å². The predicted molar refractivity (Wildman–Crippen MR) is 163 cm³/mol. The van der Waals surface area contributed by atoms with Crippen molar-refractivity contribution in [2.75, 3.05) is 13.2 Å². The highest BCUT2D eigenvalue weighted by atomic mass is 16.5. The van der Waals surface area contributed by atoms with Gasteiger partial charge in [-0.25, -0.2) is 4.79 Å². The maximum Gasteiger partial charge on any atom is 0.341 e. The molecule has 0 heterocycles. The van der Waals surface area contributed by atoms with Gasteiger partial charge in [0.1, 0.15) is 18.5 Å². The van der Waals surface area contributed by atoms with Gasteiger partial charge in [-0.3, -0.25) is 14.4 Å². The fourth-order valence-electron chi connectivity index (χ4n) is 4.84. The number of ether oxygens (including phenoxy) is 2. The van der Waals surface area contributed by atoms with Crippen LogP contribution in [0.4, 0.5) is 0 Å². The van der Waals surface area contributed by atoms with Crippen molar-refractivity contribution in [1.82, 2.24) is 0 Å². The van der Waals surface area contributed by atoms with E-state index in [1.165, 1.54) is 50.7 Å². The summed E-state index contributed by atoms with van der Waals surface area (Å²) in [5.74, 6) is 1.14. The quantitative estimate of drug-likeness (QED) is 0.0600. The van der Waals surface area contributed by atoms with Crippen molar-refractivity contribution < 1.29 is 33.4 Å². The molecule has 2 aliphatic carbocycles. The Kier molecular flexibility index (Phi) is 20.3. The Balaban J connectivity index is 0.000000646. The summed E-state index contributed by atoms with van der Waals surface area (Å²) in [7, 11) is 0. The highest BCUT2D eigenvalue weighted by Gasteiger charge is 2.21. The van der Waals surface area contributed by atoms with Crippen LogP contribution in [0.5, 0.6) is 0 Å². The molecule has 0 aromatic heterocycles. The minimum Gasteiger partial charge on any atom is -0.466 e. The average Bonchev–Trinajstić information content (AvgIpc) is 2.90. The van der Waals surface area contributed by atoms with Gasteiger partial charge in [-0.05, 0) is 110 Å². The Morgan fingerprint density at radius 2 is 1.34 bits per heavy atom. The third-order valence-electron chi connectivity index (χ3n) is 7.70. The Labute approximate surface area is 248 Å². The molecule has 2 aliphatic rings. The summed E-state index contributed by atoms with van der Waals surface area (Å²) in [6.45, 7) is 15.6. The van der Waals surface area contributed by atoms with E-state index >= 15 is 0 Å². The summed E-state index contributed by atoms with van der Waals surface area (Å²) >= 11 is 0. The minimum atomic E-state index is -0.494. The van der Waals surface area contributed by atoms with Gasteiger partial charge in [0.25, 0.3) is 0 Å². The van der Waals surface area contributed by atoms with Crippen LogP contribution in [0, 0.1) is 23.7 Å². The lowest BCUT2D eigenvalue weighted by Crippen LogP contribution is -2.16. The molecule has 0 spiro atoms. The molecule has 232 valence electrons. The van der Waals surface area contributed by atoms with Crippen LogP contribution in [-0.4, -0.2) is 43.0 Å². The molecular weight excluding hydrogens is 520 g/mol. The van der Waals surface area contributed by atoms with Crippen molar-refractivity contribution in [3.05, 3.63) is 34.9 Å². The van der Waals surface area contributed by atoms with E-state index in [1.807, 2.05) is 0 Å². The van der Waals surface area contributed by atoms with Crippen molar-refractivity contribution in [3.8, 4) is 0 Å². The number of aldehydes is 1. The van der Waals surface area contributed by atoms with E-state index in [1.54, 1.807) is 19.9 Å². The number of carbonyl (C=O) groups excluding carboxylic acids is 5. The number of rotatable bonds is 12. The van der Waals surface area contributed by atoms with Gasteiger partial charge in [-0.15, -0.1) is 0 Å². The van der Waals surface area contributed by atoms with Crippen molar-refractivity contribution in [2.45, 2.75) is 113 Å². The molecule has 0 amide bonds. The largest absolute Gasteiger partial charge is 0.466 e. The van der Waals surface area contributed by atoms with E-state index in [9.17, 15) is 24.0 Å². The van der Waals surface area contributed by atoms with Gasteiger partial charge in [0, 0.05) is 6.42 Å². The summed E-state index contributed by atoms with van der Waals surface area (Å²) in [6, 6.07) is 0. The first-order valence-electron chi connectivity index (χ1n) is 15.1.